The number of benzene rings is 2. The normalized spacial score (nSPS) is 31.0. The second-order valence-corrected chi connectivity index (χ2v) is 7.28. The molecule has 2 aromatic rings. The number of Topliss-reactive ketones (excluding diaryl/α,β-unsaturated/α-hetero) is 1. The van der Waals surface area contributed by atoms with Crippen molar-refractivity contribution in [3.63, 3.8) is 0 Å². The molecule has 5 N–H and O–H groups in total. The molecule has 0 spiro atoms. The molecule has 160 valence electrons. The quantitative estimate of drug-likeness (QED) is 0.472. The SMILES string of the molecule is O=C1C[C@@H](c2ccccc2)Oc2cc(O[C@@H]3OC(CO)[C@@H](O)[C@H](O)C3O)cc(O)c21. The lowest BCUT2D eigenvalue weighted by Crippen LogP contribution is -2.60. The molecule has 2 heterocycles. The Balaban J connectivity index is 1.60. The van der Waals surface area contributed by atoms with Crippen LogP contribution in [0.5, 0.6) is 17.2 Å². The van der Waals surface area contributed by atoms with E-state index in [4.69, 9.17) is 14.2 Å². The Hall–Kier alpha value is -2.69. The largest absolute Gasteiger partial charge is 0.507 e. The molecule has 0 bridgehead atoms. The third-order valence-electron chi connectivity index (χ3n) is 5.25. The van der Waals surface area contributed by atoms with Crippen LogP contribution in [0.3, 0.4) is 0 Å². The number of aliphatic hydroxyl groups excluding tert-OH is 4. The Morgan fingerprint density at radius 3 is 2.47 bits per heavy atom. The zero-order valence-corrected chi connectivity index (χ0v) is 15.8. The number of hydrogen-bond acceptors (Lipinski definition) is 9. The maximum Gasteiger partial charge on any atom is 0.229 e. The second-order valence-electron chi connectivity index (χ2n) is 7.28. The van der Waals surface area contributed by atoms with Gasteiger partial charge >= 0.3 is 0 Å². The predicted molar refractivity (Wildman–Crippen MR) is 101 cm³/mol. The van der Waals surface area contributed by atoms with Crippen molar-refractivity contribution < 1.29 is 44.5 Å². The number of ketones is 1. The second kappa shape index (κ2) is 8.21. The van der Waals surface area contributed by atoms with E-state index in [9.17, 15) is 30.3 Å². The van der Waals surface area contributed by atoms with Crippen LogP contribution >= 0.6 is 0 Å². The number of ether oxygens (including phenoxy) is 3. The van der Waals surface area contributed by atoms with Gasteiger partial charge in [-0.2, -0.15) is 0 Å². The topological polar surface area (TPSA) is 146 Å². The Bertz CT molecular complexity index is 914. The molecular formula is C21H22O9. The first kappa shape index (κ1) is 20.6. The fraction of sp³-hybridized carbons (Fsp3) is 0.381. The molecule has 2 aromatic carbocycles. The minimum atomic E-state index is -1.61. The summed E-state index contributed by atoms with van der Waals surface area (Å²) < 4.78 is 16.8. The fourth-order valence-corrected chi connectivity index (χ4v) is 3.64. The van der Waals surface area contributed by atoms with Gasteiger partial charge in [-0.25, -0.2) is 0 Å². The van der Waals surface area contributed by atoms with Gasteiger partial charge in [0, 0.05) is 12.1 Å². The van der Waals surface area contributed by atoms with Crippen molar-refractivity contribution in [2.45, 2.75) is 43.2 Å². The van der Waals surface area contributed by atoms with E-state index in [1.165, 1.54) is 12.1 Å². The van der Waals surface area contributed by atoms with E-state index in [1.54, 1.807) is 0 Å². The van der Waals surface area contributed by atoms with E-state index >= 15 is 0 Å². The average Bonchev–Trinajstić information content (AvgIpc) is 2.74. The summed E-state index contributed by atoms with van der Waals surface area (Å²) in [6, 6.07) is 11.7. The van der Waals surface area contributed by atoms with E-state index < -0.39 is 43.4 Å². The van der Waals surface area contributed by atoms with E-state index in [2.05, 4.69) is 0 Å². The number of aliphatic hydroxyl groups is 4. The first-order valence-electron chi connectivity index (χ1n) is 9.48. The van der Waals surface area contributed by atoms with Gasteiger partial charge in [-0.15, -0.1) is 0 Å². The summed E-state index contributed by atoms with van der Waals surface area (Å²) in [4.78, 5) is 12.6. The van der Waals surface area contributed by atoms with Crippen molar-refractivity contribution in [3.05, 3.63) is 53.6 Å². The van der Waals surface area contributed by atoms with Crippen LogP contribution in [0.15, 0.2) is 42.5 Å². The maximum atomic E-state index is 12.6. The lowest BCUT2D eigenvalue weighted by atomic mass is 9.95. The predicted octanol–water partition coefficient (Wildman–Crippen LogP) is 0.277. The maximum absolute atomic E-state index is 12.6. The Kier molecular flexibility index (Phi) is 5.63. The summed E-state index contributed by atoms with van der Waals surface area (Å²) in [5, 5.41) is 49.5. The number of carbonyl (C=O) groups is 1. The molecule has 4 rings (SSSR count). The van der Waals surface area contributed by atoms with Crippen molar-refractivity contribution in [3.8, 4) is 17.2 Å². The van der Waals surface area contributed by atoms with E-state index in [1.807, 2.05) is 30.3 Å². The summed E-state index contributed by atoms with van der Waals surface area (Å²) in [5.74, 6) is -0.526. The highest BCUT2D eigenvalue weighted by atomic mass is 16.7. The van der Waals surface area contributed by atoms with Crippen molar-refractivity contribution in [2.75, 3.05) is 6.61 Å². The Morgan fingerprint density at radius 1 is 1.03 bits per heavy atom. The van der Waals surface area contributed by atoms with Gasteiger partial charge in [0.15, 0.2) is 5.78 Å². The van der Waals surface area contributed by atoms with Crippen LogP contribution in [0.4, 0.5) is 0 Å². The molecule has 0 aromatic heterocycles. The number of carbonyl (C=O) groups excluding carboxylic acids is 1. The van der Waals surface area contributed by atoms with Gasteiger partial charge in [-0.1, -0.05) is 30.3 Å². The number of aromatic hydroxyl groups is 1. The van der Waals surface area contributed by atoms with Crippen LogP contribution in [-0.2, 0) is 4.74 Å². The standard InChI is InChI=1S/C21H22O9/c22-9-16-18(25)19(26)20(27)21(30-16)28-11-6-12(23)17-13(24)8-14(29-15(17)7-11)10-4-2-1-3-5-10/h1-7,14,16,18-23,25-27H,8-9H2/t14-,16?,18+,19-,20?,21+/m0/s1. The third kappa shape index (κ3) is 3.73. The van der Waals surface area contributed by atoms with E-state index in [-0.39, 0.29) is 35.0 Å². The minimum Gasteiger partial charge on any atom is -0.507 e. The van der Waals surface area contributed by atoms with Gasteiger partial charge in [0.1, 0.15) is 53.3 Å². The zero-order valence-electron chi connectivity index (χ0n) is 15.8. The number of fused-ring (bicyclic) bond motifs is 1. The first-order valence-corrected chi connectivity index (χ1v) is 9.48. The van der Waals surface area contributed by atoms with Gasteiger partial charge in [-0.3, -0.25) is 4.79 Å². The molecule has 6 atom stereocenters. The monoisotopic (exact) mass is 418 g/mol. The summed E-state index contributed by atoms with van der Waals surface area (Å²) >= 11 is 0. The van der Waals surface area contributed by atoms with Crippen LogP contribution in [0, 0.1) is 0 Å². The van der Waals surface area contributed by atoms with Gasteiger partial charge < -0.3 is 39.7 Å². The smallest absolute Gasteiger partial charge is 0.229 e. The Labute approximate surface area is 171 Å². The molecular weight excluding hydrogens is 396 g/mol. The summed E-state index contributed by atoms with van der Waals surface area (Å²) in [5.41, 5.74) is 0.833. The molecule has 0 saturated carbocycles. The fourth-order valence-electron chi connectivity index (χ4n) is 3.64. The van der Waals surface area contributed by atoms with Gasteiger partial charge in [0.2, 0.25) is 6.29 Å². The molecule has 2 aliphatic rings. The molecule has 9 nitrogen and oxygen atoms in total. The van der Waals surface area contributed by atoms with Crippen LogP contribution in [-0.4, -0.2) is 68.6 Å². The minimum absolute atomic E-state index is 0.0112. The number of rotatable bonds is 4. The molecule has 1 fully saturated rings. The van der Waals surface area contributed by atoms with Crippen LogP contribution in [0.1, 0.15) is 28.4 Å². The van der Waals surface area contributed by atoms with Crippen molar-refractivity contribution in [1.82, 2.24) is 0 Å². The van der Waals surface area contributed by atoms with Crippen LogP contribution in [0.25, 0.3) is 0 Å². The van der Waals surface area contributed by atoms with Gasteiger partial charge in [0.05, 0.1) is 13.0 Å². The van der Waals surface area contributed by atoms with E-state index in [0.29, 0.717) is 0 Å². The van der Waals surface area contributed by atoms with E-state index in [0.717, 1.165) is 5.56 Å². The van der Waals surface area contributed by atoms with Gasteiger partial charge in [0.25, 0.3) is 0 Å². The highest BCUT2D eigenvalue weighted by Gasteiger charge is 2.45. The van der Waals surface area contributed by atoms with Crippen molar-refractivity contribution in [1.29, 1.82) is 0 Å². The molecule has 0 amide bonds. The summed E-state index contributed by atoms with van der Waals surface area (Å²) in [6.45, 7) is -0.601. The van der Waals surface area contributed by atoms with Gasteiger partial charge in [-0.05, 0) is 5.56 Å². The molecule has 9 heteroatoms. The Morgan fingerprint density at radius 2 is 1.77 bits per heavy atom. The summed E-state index contributed by atoms with van der Waals surface area (Å²) in [6.07, 6.45) is -7.77. The third-order valence-corrected chi connectivity index (χ3v) is 5.25. The highest BCUT2D eigenvalue weighted by Crippen LogP contribution is 2.42. The lowest BCUT2D eigenvalue weighted by molar-refractivity contribution is -0.277. The average molecular weight is 418 g/mol. The highest BCUT2D eigenvalue weighted by molar-refractivity contribution is 6.02. The first-order chi connectivity index (χ1) is 14.4. The lowest BCUT2D eigenvalue weighted by Gasteiger charge is -2.39. The van der Waals surface area contributed by atoms with Crippen LogP contribution in [0.2, 0.25) is 0 Å². The molecule has 0 aliphatic carbocycles. The number of phenolic OH excluding ortho intramolecular Hbond substituents is 1. The number of phenols is 1. The molecule has 0 radical (unpaired) electrons. The molecule has 30 heavy (non-hydrogen) atoms. The number of hydrogen-bond donors (Lipinski definition) is 5. The molecule has 2 aliphatic heterocycles. The van der Waals surface area contributed by atoms with Crippen LogP contribution < -0.4 is 9.47 Å². The molecule has 1 saturated heterocycles. The van der Waals surface area contributed by atoms with Crippen molar-refractivity contribution >= 4 is 5.78 Å². The van der Waals surface area contributed by atoms with Crippen molar-refractivity contribution in [2.24, 2.45) is 0 Å². The summed E-state index contributed by atoms with van der Waals surface area (Å²) in [7, 11) is 0. The zero-order chi connectivity index (χ0) is 21.4. The molecule has 2 unspecified atom stereocenters.